The van der Waals surface area contributed by atoms with Gasteiger partial charge in [-0.1, -0.05) is 30.3 Å². The summed E-state index contributed by atoms with van der Waals surface area (Å²) in [6, 6.07) is 10.4. The minimum Gasteiger partial charge on any atom is -1.00 e. The molecule has 0 aromatic heterocycles. The Kier molecular flexibility index (Phi) is 6.76. The summed E-state index contributed by atoms with van der Waals surface area (Å²) in [5.74, 6) is 3.32. The van der Waals surface area contributed by atoms with E-state index in [0.29, 0.717) is 0 Å². The van der Waals surface area contributed by atoms with Gasteiger partial charge in [0.1, 0.15) is 6.61 Å². The highest BCUT2D eigenvalue weighted by molar-refractivity contribution is 5.14. The number of benzene rings is 1. The van der Waals surface area contributed by atoms with Gasteiger partial charge >= 0.3 is 0 Å². The fraction of sp³-hybridized carbons (Fsp3) is 0.333. The highest BCUT2D eigenvalue weighted by Crippen LogP contribution is 2.01. The van der Waals surface area contributed by atoms with E-state index in [-0.39, 0.29) is 12.4 Å². The molecule has 3 heteroatoms. The van der Waals surface area contributed by atoms with E-state index in [4.69, 9.17) is 4.84 Å². The number of quaternary nitrogens is 1. The van der Waals surface area contributed by atoms with Crippen LogP contribution in [0.25, 0.3) is 0 Å². The molecule has 0 saturated carbocycles. The summed E-state index contributed by atoms with van der Waals surface area (Å²) in [4.78, 5) is 4.71. The average Bonchev–Trinajstić information content (AvgIpc) is 2.07. The SMILES string of the molecule is [Cl-].[NH3+]OCCCc1ccccc1. The molecule has 0 radical (unpaired) electrons. The van der Waals surface area contributed by atoms with Gasteiger partial charge in [-0.25, -0.2) is 10.7 Å². The third-order valence-electron chi connectivity index (χ3n) is 1.60. The Morgan fingerprint density at radius 3 is 2.42 bits per heavy atom. The Morgan fingerprint density at radius 1 is 1.17 bits per heavy atom. The number of aryl methyl sites for hydroxylation is 1. The highest BCUT2D eigenvalue weighted by Gasteiger charge is 1.90. The molecule has 1 aromatic carbocycles. The van der Waals surface area contributed by atoms with Gasteiger partial charge in [-0.2, -0.15) is 0 Å². The Bertz CT molecular complexity index is 191. The molecule has 12 heavy (non-hydrogen) atoms. The van der Waals surface area contributed by atoms with Crippen molar-refractivity contribution in [3.8, 4) is 0 Å². The largest absolute Gasteiger partial charge is 1.00 e. The van der Waals surface area contributed by atoms with Crippen molar-refractivity contribution in [2.45, 2.75) is 12.8 Å². The van der Waals surface area contributed by atoms with Crippen molar-refractivity contribution in [2.75, 3.05) is 6.61 Å². The van der Waals surface area contributed by atoms with Crippen LogP contribution in [-0.4, -0.2) is 6.61 Å². The van der Waals surface area contributed by atoms with E-state index in [1.54, 1.807) is 0 Å². The molecule has 0 bridgehead atoms. The molecule has 1 aromatic rings. The fourth-order valence-corrected chi connectivity index (χ4v) is 1.02. The number of hydrogen-bond donors (Lipinski definition) is 1. The Morgan fingerprint density at radius 2 is 1.83 bits per heavy atom. The lowest BCUT2D eigenvalue weighted by Gasteiger charge is -1.97. The van der Waals surface area contributed by atoms with Gasteiger partial charge in [-0.05, 0) is 18.4 Å². The van der Waals surface area contributed by atoms with Crippen LogP contribution in [0.5, 0.6) is 0 Å². The molecule has 0 aliphatic heterocycles. The van der Waals surface area contributed by atoms with Gasteiger partial charge in [0.15, 0.2) is 0 Å². The average molecular weight is 188 g/mol. The second kappa shape index (κ2) is 7.10. The molecule has 0 heterocycles. The monoisotopic (exact) mass is 187 g/mol. The van der Waals surface area contributed by atoms with Gasteiger partial charge in [0.25, 0.3) is 0 Å². The first-order valence-electron chi connectivity index (χ1n) is 3.84. The number of rotatable bonds is 4. The highest BCUT2D eigenvalue weighted by atomic mass is 35.5. The van der Waals surface area contributed by atoms with Crippen LogP contribution < -0.4 is 18.3 Å². The summed E-state index contributed by atoms with van der Waals surface area (Å²) >= 11 is 0. The summed E-state index contributed by atoms with van der Waals surface area (Å²) in [5, 5.41) is 0. The molecule has 0 aliphatic carbocycles. The van der Waals surface area contributed by atoms with Gasteiger partial charge in [0.05, 0.1) is 0 Å². The molecule has 0 amide bonds. The third kappa shape index (κ3) is 4.34. The standard InChI is InChI=1S/C9H14NO.ClH/c10-11-8-4-7-9-5-2-1-3-6-9;/h1-3,5-6H,4,7-8H2,10H3;1H/q+1;/p-1. The van der Waals surface area contributed by atoms with Crippen LogP contribution in [0.3, 0.4) is 0 Å². The van der Waals surface area contributed by atoms with Crippen molar-refractivity contribution in [2.24, 2.45) is 0 Å². The maximum atomic E-state index is 4.71. The molecule has 68 valence electrons. The van der Waals surface area contributed by atoms with Crippen molar-refractivity contribution < 1.29 is 23.1 Å². The van der Waals surface area contributed by atoms with E-state index in [1.165, 1.54) is 5.56 Å². The molecule has 0 fully saturated rings. The van der Waals surface area contributed by atoms with Crippen molar-refractivity contribution in [1.82, 2.24) is 0 Å². The van der Waals surface area contributed by atoms with E-state index < -0.39 is 0 Å². The molecule has 0 unspecified atom stereocenters. The van der Waals surface area contributed by atoms with Crippen LogP contribution in [0.15, 0.2) is 30.3 Å². The zero-order chi connectivity index (χ0) is 7.94. The van der Waals surface area contributed by atoms with Gasteiger partial charge in [0.2, 0.25) is 0 Å². The van der Waals surface area contributed by atoms with Gasteiger partial charge in [-0.3, -0.25) is 0 Å². The maximum Gasteiger partial charge on any atom is 0.106 e. The van der Waals surface area contributed by atoms with Crippen LogP contribution >= 0.6 is 0 Å². The topological polar surface area (TPSA) is 36.9 Å². The first-order valence-corrected chi connectivity index (χ1v) is 3.84. The quantitative estimate of drug-likeness (QED) is 0.422. The van der Waals surface area contributed by atoms with Crippen LogP contribution in [0.1, 0.15) is 12.0 Å². The second-order valence-electron chi connectivity index (χ2n) is 2.50. The molecular formula is C9H14ClNO. The molecule has 0 aliphatic rings. The number of halogens is 1. The first kappa shape index (κ1) is 11.4. The van der Waals surface area contributed by atoms with Gasteiger partial charge < -0.3 is 12.4 Å². The van der Waals surface area contributed by atoms with Gasteiger partial charge in [0, 0.05) is 0 Å². The predicted molar refractivity (Wildman–Crippen MR) is 43.6 cm³/mol. The minimum atomic E-state index is 0. The zero-order valence-electron chi connectivity index (χ0n) is 7.00. The van der Waals surface area contributed by atoms with Gasteiger partial charge in [-0.15, -0.1) is 0 Å². The first-order chi connectivity index (χ1) is 5.43. The summed E-state index contributed by atoms with van der Waals surface area (Å²) in [5.41, 5.74) is 1.37. The van der Waals surface area contributed by atoms with E-state index in [0.717, 1.165) is 19.4 Å². The molecule has 3 N–H and O–H groups in total. The minimum absolute atomic E-state index is 0. The van der Waals surface area contributed by atoms with Crippen molar-refractivity contribution in [3.63, 3.8) is 0 Å². The Hall–Kier alpha value is -0.570. The van der Waals surface area contributed by atoms with Crippen LogP contribution in [0.4, 0.5) is 0 Å². The molecule has 0 saturated heterocycles. The summed E-state index contributed by atoms with van der Waals surface area (Å²) < 4.78 is 0. The third-order valence-corrected chi connectivity index (χ3v) is 1.60. The summed E-state index contributed by atoms with van der Waals surface area (Å²) in [7, 11) is 0. The van der Waals surface area contributed by atoms with E-state index >= 15 is 0 Å². The molecule has 1 rings (SSSR count). The Balaban J connectivity index is 0.00000121. The Labute approximate surface area is 79.1 Å². The summed E-state index contributed by atoms with van der Waals surface area (Å²) in [6.07, 6.45) is 2.13. The molecule has 0 atom stereocenters. The van der Waals surface area contributed by atoms with Crippen molar-refractivity contribution in [1.29, 1.82) is 0 Å². The van der Waals surface area contributed by atoms with E-state index in [2.05, 4.69) is 30.2 Å². The van der Waals surface area contributed by atoms with Crippen LogP contribution in [0.2, 0.25) is 0 Å². The smallest absolute Gasteiger partial charge is 0.106 e. The van der Waals surface area contributed by atoms with Crippen LogP contribution in [0, 0.1) is 0 Å². The van der Waals surface area contributed by atoms with Crippen LogP contribution in [-0.2, 0) is 11.3 Å². The maximum absolute atomic E-state index is 4.71. The second-order valence-corrected chi connectivity index (χ2v) is 2.50. The molecular weight excluding hydrogens is 174 g/mol. The lowest BCUT2D eigenvalue weighted by atomic mass is 10.1. The lowest BCUT2D eigenvalue weighted by Crippen LogP contribution is -3.00. The molecule has 0 spiro atoms. The van der Waals surface area contributed by atoms with Crippen molar-refractivity contribution in [3.05, 3.63) is 35.9 Å². The van der Waals surface area contributed by atoms with E-state index in [1.807, 2.05) is 6.07 Å². The normalized spacial score (nSPS) is 9.08. The van der Waals surface area contributed by atoms with E-state index in [9.17, 15) is 0 Å². The summed E-state index contributed by atoms with van der Waals surface area (Å²) in [6.45, 7) is 0.745. The number of hydrogen-bond acceptors (Lipinski definition) is 1. The van der Waals surface area contributed by atoms with Crippen molar-refractivity contribution >= 4 is 0 Å². The fourth-order valence-electron chi connectivity index (χ4n) is 1.02. The zero-order valence-corrected chi connectivity index (χ0v) is 7.76. The lowest BCUT2D eigenvalue weighted by molar-refractivity contribution is -0.689. The predicted octanol–water partition coefficient (Wildman–Crippen LogP) is -2.20. The molecule has 2 nitrogen and oxygen atoms in total.